The van der Waals surface area contributed by atoms with Gasteiger partial charge in [0.05, 0.1) is 12.9 Å². The van der Waals surface area contributed by atoms with Gasteiger partial charge in [-0.05, 0) is 30.3 Å². The lowest BCUT2D eigenvalue weighted by atomic mass is 9.77. The van der Waals surface area contributed by atoms with Gasteiger partial charge in [-0.15, -0.1) is 0 Å². The van der Waals surface area contributed by atoms with E-state index in [4.69, 9.17) is 4.42 Å². The van der Waals surface area contributed by atoms with Crippen molar-refractivity contribution in [2.24, 2.45) is 0 Å². The number of rotatable bonds is 6. The predicted molar refractivity (Wildman–Crippen MR) is 74.1 cm³/mol. The highest BCUT2D eigenvalue weighted by molar-refractivity contribution is 5.78. The minimum absolute atomic E-state index is 0.0995. The van der Waals surface area contributed by atoms with Crippen LogP contribution in [0, 0.1) is 0 Å². The van der Waals surface area contributed by atoms with E-state index in [0.29, 0.717) is 6.54 Å². The first kappa shape index (κ1) is 14.0. The largest absolute Gasteiger partial charge is 0.464 e. The standard InChI is InChI=1S/C15H20FNO2/c1-3-17-14(9-18)15(2,10-16)12-4-5-13-11(8-12)6-7-19-13/h4-8,14,17-18H,3,9-10H2,1-2H3. The molecule has 1 aromatic carbocycles. The van der Waals surface area contributed by atoms with Crippen molar-refractivity contribution in [3.63, 3.8) is 0 Å². The second-order valence-corrected chi connectivity index (χ2v) is 5.02. The van der Waals surface area contributed by atoms with E-state index < -0.39 is 12.1 Å². The lowest BCUT2D eigenvalue weighted by Crippen LogP contribution is -2.50. The van der Waals surface area contributed by atoms with Crippen molar-refractivity contribution in [2.75, 3.05) is 19.8 Å². The van der Waals surface area contributed by atoms with Gasteiger partial charge >= 0.3 is 0 Å². The van der Waals surface area contributed by atoms with E-state index >= 15 is 0 Å². The molecule has 104 valence electrons. The third-order valence-electron chi connectivity index (χ3n) is 3.79. The van der Waals surface area contributed by atoms with Gasteiger partial charge in [0.1, 0.15) is 12.3 Å². The zero-order valence-electron chi connectivity index (χ0n) is 11.3. The van der Waals surface area contributed by atoms with Crippen LogP contribution >= 0.6 is 0 Å². The lowest BCUT2D eigenvalue weighted by molar-refractivity contribution is 0.161. The van der Waals surface area contributed by atoms with E-state index in [0.717, 1.165) is 16.5 Å². The van der Waals surface area contributed by atoms with E-state index in [1.54, 1.807) is 6.26 Å². The van der Waals surface area contributed by atoms with Crippen LogP contribution in [0.5, 0.6) is 0 Å². The molecule has 1 heterocycles. The molecule has 0 aliphatic rings. The smallest absolute Gasteiger partial charge is 0.133 e. The summed E-state index contributed by atoms with van der Waals surface area (Å²) < 4.78 is 18.9. The van der Waals surface area contributed by atoms with Crippen LogP contribution in [0.3, 0.4) is 0 Å². The number of hydrogen-bond acceptors (Lipinski definition) is 3. The second-order valence-electron chi connectivity index (χ2n) is 5.02. The average molecular weight is 265 g/mol. The number of hydrogen-bond donors (Lipinski definition) is 2. The number of nitrogens with one attached hydrogen (secondary N) is 1. The van der Waals surface area contributed by atoms with Gasteiger partial charge in [0.2, 0.25) is 0 Å². The van der Waals surface area contributed by atoms with E-state index in [1.807, 2.05) is 38.1 Å². The molecule has 3 nitrogen and oxygen atoms in total. The van der Waals surface area contributed by atoms with E-state index in [-0.39, 0.29) is 12.6 Å². The summed E-state index contributed by atoms with van der Waals surface area (Å²) in [5.74, 6) is 0. The number of halogens is 1. The molecule has 2 aromatic rings. The summed E-state index contributed by atoms with van der Waals surface area (Å²) in [4.78, 5) is 0. The maximum Gasteiger partial charge on any atom is 0.133 e. The number of benzene rings is 1. The van der Waals surface area contributed by atoms with E-state index in [1.165, 1.54) is 0 Å². The Hall–Kier alpha value is -1.39. The lowest BCUT2D eigenvalue weighted by Gasteiger charge is -2.35. The molecule has 2 unspecified atom stereocenters. The van der Waals surface area contributed by atoms with Crippen molar-refractivity contribution in [1.82, 2.24) is 5.32 Å². The zero-order valence-corrected chi connectivity index (χ0v) is 11.3. The van der Waals surface area contributed by atoms with Crippen LogP contribution in [0.4, 0.5) is 4.39 Å². The SMILES string of the molecule is CCNC(CO)C(C)(CF)c1ccc2occc2c1. The molecule has 2 N–H and O–H groups in total. The Kier molecular flexibility index (Phi) is 4.22. The Labute approximate surface area is 112 Å². The van der Waals surface area contributed by atoms with Crippen molar-refractivity contribution in [1.29, 1.82) is 0 Å². The number of aliphatic hydroxyl groups is 1. The fourth-order valence-electron chi connectivity index (χ4n) is 2.43. The van der Waals surface area contributed by atoms with Crippen molar-refractivity contribution in [3.8, 4) is 0 Å². The van der Waals surface area contributed by atoms with Gasteiger partial charge in [0.15, 0.2) is 0 Å². The van der Waals surface area contributed by atoms with E-state index in [2.05, 4.69) is 5.32 Å². The van der Waals surface area contributed by atoms with Crippen LogP contribution in [0.2, 0.25) is 0 Å². The predicted octanol–water partition coefficient (Wildman–Crippen LogP) is 2.63. The molecule has 1 aromatic heterocycles. The summed E-state index contributed by atoms with van der Waals surface area (Å²) in [5.41, 5.74) is 0.897. The molecule has 0 saturated heterocycles. The Balaban J connectivity index is 2.43. The Bertz CT molecular complexity index is 540. The van der Waals surface area contributed by atoms with Gasteiger partial charge in [-0.3, -0.25) is 4.39 Å². The number of likely N-dealkylation sites (N-methyl/N-ethyl adjacent to an activating group) is 1. The third kappa shape index (κ3) is 2.51. The Morgan fingerprint density at radius 3 is 2.84 bits per heavy atom. The number of fused-ring (bicyclic) bond motifs is 1. The first-order valence-electron chi connectivity index (χ1n) is 6.53. The molecule has 19 heavy (non-hydrogen) atoms. The van der Waals surface area contributed by atoms with Crippen molar-refractivity contribution >= 4 is 11.0 Å². The quantitative estimate of drug-likeness (QED) is 0.844. The minimum Gasteiger partial charge on any atom is -0.464 e. The summed E-state index contributed by atoms with van der Waals surface area (Å²) in [7, 11) is 0. The molecular weight excluding hydrogens is 245 g/mol. The summed E-state index contributed by atoms with van der Waals surface area (Å²) in [6.45, 7) is 3.83. The molecule has 2 atom stereocenters. The molecule has 0 amide bonds. The van der Waals surface area contributed by atoms with Gasteiger partial charge < -0.3 is 14.8 Å². The molecule has 4 heteroatoms. The fraction of sp³-hybridized carbons (Fsp3) is 0.467. The van der Waals surface area contributed by atoms with Crippen molar-refractivity contribution in [3.05, 3.63) is 36.1 Å². The highest BCUT2D eigenvalue weighted by Gasteiger charge is 2.35. The third-order valence-corrected chi connectivity index (χ3v) is 3.79. The summed E-state index contributed by atoms with van der Waals surface area (Å²) >= 11 is 0. The fourth-order valence-corrected chi connectivity index (χ4v) is 2.43. The van der Waals surface area contributed by atoms with Gasteiger partial charge in [0, 0.05) is 16.8 Å². The monoisotopic (exact) mass is 265 g/mol. The van der Waals surface area contributed by atoms with Crippen LogP contribution in [-0.2, 0) is 5.41 Å². The number of aliphatic hydroxyl groups excluding tert-OH is 1. The Morgan fingerprint density at radius 2 is 2.21 bits per heavy atom. The maximum atomic E-state index is 13.6. The maximum absolute atomic E-state index is 13.6. The molecule has 0 spiro atoms. The van der Waals surface area contributed by atoms with E-state index in [9.17, 15) is 9.50 Å². The van der Waals surface area contributed by atoms with Crippen LogP contribution in [0.15, 0.2) is 34.9 Å². The molecular formula is C15H20FNO2. The molecule has 0 bridgehead atoms. The summed E-state index contributed by atoms with van der Waals surface area (Å²) in [6.07, 6.45) is 1.62. The Morgan fingerprint density at radius 1 is 1.42 bits per heavy atom. The first-order valence-corrected chi connectivity index (χ1v) is 6.53. The van der Waals surface area contributed by atoms with Crippen LogP contribution in [-0.4, -0.2) is 31.0 Å². The van der Waals surface area contributed by atoms with Crippen molar-refractivity contribution in [2.45, 2.75) is 25.3 Å². The van der Waals surface area contributed by atoms with Crippen LogP contribution in [0.1, 0.15) is 19.4 Å². The summed E-state index contributed by atoms with van der Waals surface area (Å²) in [6, 6.07) is 7.19. The highest BCUT2D eigenvalue weighted by Crippen LogP contribution is 2.31. The van der Waals surface area contributed by atoms with Gasteiger partial charge in [-0.25, -0.2) is 0 Å². The number of furan rings is 1. The molecule has 0 fully saturated rings. The number of alkyl halides is 1. The highest BCUT2D eigenvalue weighted by atomic mass is 19.1. The zero-order chi connectivity index (χ0) is 13.9. The molecule has 0 aliphatic heterocycles. The molecule has 2 rings (SSSR count). The molecule has 0 saturated carbocycles. The van der Waals surface area contributed by atoms with Crippen LogP contribution in [0.25, 0.3) is 11.0 Å². The van der Waals surface area contributed by atoms with Gasteiger partial charge in [-0.1, -0.05) is 19.9 Å². The minimum atomic E-state index is -0.754. The van der Waals surface area contributed by atoms with Gasteiger partial charge in [-0.2, -0.15) is 0 Å². The topological polar surface area (TPSA) is 45.4 Å². The normalized spacial score (nSPS) is 16.4. The molecule has 0 radical (unpaired) electrons. The van der Waals surface area contributed by atoms with Gasteiger partial charge in [0.25, 0.3) is 0 Å². The van der Waals surface area contributed by atoms with Crippen LogP contribution < -0.4 is 5.32 Å². The second kappa shape index (κ2) is 5.72. The average Bonchev–Trinajstić information content (AvgIpc) is 2.91. The first-order chi connectivity index (χ1) is 9.15. The van der Waals surface area contributed by atoms with Crippen molar-refractivity contribution < 1.29 is 13.9 Å². The summed E-state index contributed by atoms with van der Waals surface area (Å²) in [5, 5.41) is 13.6. The molecule has 0 aliphatic carbocycles.